The Balaban J connectivity index is 1.32. The summed E-state index contributed by atoms with van der Waals surface area (Å²) in [5.41, 5.74) is 2.01. The Bertz CT molecular complexity index is 884. The zero-order chi connectivity index (χ0) is 19.3. The predicted molar refractivity (Wildman–Crippen MR) is 111 cm³/mol. The first-order valence-corrected chi connectivity index (χ1v) is 10.7. The van der Waals surface area contributed by atoms with Crippen molar-refractivity contribution in [2.45, 2.75) is 25.8 Å². The molecule has 1 atom stereocenters. The summed E-state index contributed by atoms with van der Waals surface area (Å²) < 4.78 is 5.42. The van der Waals surface area contributed by atoms with E-state index in [1.54, 1.807) is 17.6 Å². The van der Waals surface area contributed by atoms with E-state index in [0.717, 1.165) is 61.2 Å². The second-order valence-electron chi connectivity index (χ2n) is 7.08. The maximum absolute atomic E-state index is 13.0. The van der Waals surface area contributed by atoms with E-state index >= 15 is 0 Å². The van der Waals surface area contributed by atoms with Gasteiger partial charge in [-0.15, -0.1) is 11.3 Å². The third-order valence-electron chi connectivity index (χ3n) is 5.28. The van der Waals surface area contributed by atoms with Gasteiger partial charge in [0, 0.05) is 31.6 Å². The standard InChI is InChI=1S/C22H25N3O2S/c1-2-18(17-7-4-3-5-8-17)22(26)25-12-10-24(11-13-25)15-21-23-19(16-28-21)20-9-6-14-27-20/h3-9,14,16,18H,2,10-13,15H2,1H3/t18-/m0/s1. The number of piperazine rings is 1. The number of carbonyl (C=O) groups is 1. The second kappa shape index (κ2) is 8.71. The molecule has 2 aromatic heterocycles. The molecule has 28 heavy (non-hydrogen) atoms. The molecule has 3 aromatic rings. The minimum atomic E-state index is -0.0393. The van der Waals surface area contributed by atoms with E-state index in [0.29, 0.717) is 0 Å². The number of benzene rings is 1. The monoisotopic (exact) mass is 395 g/mol. The minimum Gasteiger partial charge on any atom is -0.463 e. The molecule has 3 heterocycles. The number of hydrogen-bond donors (Lipinski definition) is 0. The fourth-order valence-corrected chi connectivity index (χ4v) is 4.52. The molecule has 1 aliphatic rings. The van der Waals surface area contributed by atoms with Crippen molar-refractivity contribution in [3.8, 4) is 11.5 Å². The van der Waals surface area contributed by atoms with Gasteiger partial charge in [-0.3, -0.25) is 9.69 Å². The van der Waals surface area contributed by atoms with Crippen molar-refractivity contribution in [2.75, 3.05) is 26.2 Å². The molecule has 1 amide bonds. The van der Waals surface area contributed by atoms with Crippen molar-refractivity contribution in [3.63, 3.8) is 0 Å². The van der Waals surface area contributed by atoms with Crippen molar-refractivity contribution in [1.29, 1.82) is 0 Å². The second-order valence-corrected chi connectivity index (χ2v) is 8.02. The summed E-state index contributed by atoms with van der Waals surface area (Å²) >= 11 is 1.66. The molecule has 5 nitrogen and oxygen atoms in total. The van der Waals surface area contributed by atoms with E-state index in [2.05, 4.69) is 28.9 Å². The SMILES string of the molecule is CC[C@H](C(=O)N1CCN(Cc2nc(-c3ccco3)cs2)CC1)c1ccccc1. The van der Waals surface area contributed by atoms with Gasteiger partial charge >= 0.3 is 0 Å². The lowest BCUT2D eigenvalue weighted by molar-refractivity contribution is -0.134. The Hall–Kier alpha value is -2.44. The summed E-state index contributed by atoms with van der Waals surface area (Å²) in [6.45, 7) is 6.23. The molecule has 1 aliphatic heterocycles. The van der Waals surface area contributed by atoms with Gasteiger partial charge in [-0.1, -0.05) is 37.3 Å². The van der Waals surface area contributed by atoms with Crippen molar-refractivity contribution in [1.82, 2.24) is 14.8 Å². The van der Waals surface area contributed by atoms with Crippen LogP contribution >= 0.6 is 11.3 Å². The zero-order valence-corrected chi connectivity index (χ0v) is 16.9. The van der Waals surface area contributed by atoms with Crippen LogP contribution in [0.5, 0.6) is 0 Å². The fraction of sp³-hybridized carbons (Fsp3) is 0.364. The Labute approximate surface area is 169 Å². The summed E-state index contributed by atoms with van der Waals surface area (Å²) in [5, 5.41) is 3.13. The Morgan fingerprint density at radius 3 is 2.61 bits per heavy atom. The Kier molecular flexibility index (Phi) is 5.88. The van der Waals surface area contributed by atoms with Gasteiger partial charge in [-0.2, -0.15) is 0 Å². The summed E-state index contributed by atoms with van der Waals surface area (Å²) in [6.07, 6.45) is 2.50. The topological polar surface area (TPSA) is 49.6 Å². The van der Waals surface area contributed by atoms with Crippen LogP contribution in [0.4, 0.5) is 0 Å². The number of amides is 1. The molecule has 1 fully saturated rings. The van der Waals surface area contributed by atoms with E-state index in [-0.39, 0.29) is 11.8 Å². The number of nitrogens with zero attached hydrogens (tertiary/aromatic N) is 3. The number of hydrogen-bond acceptors (Lipinski definition) is 5. The molecule has 0 spiro atoms. The molecule has 0 radical (unpaired) electrons. The summed E-state index contributed by atoms with van der Waals surface area (Å²) in [7, 11) is 0. The van der Waals surface area contributed by atoms with Crippen molar-refractivity contribution in [3.05, 3.63) is 64.7 Å². The van der Waals surface area contributed by atoms with Crippen molar-refractivity contribution >= 4 is 17.2 Å². The van der Waals surface area contributed by atoms with Crippen molar-refractivity contribution < 1.29 is 9.21 Å². The molecule has 1 saturated heterocycles. The van der Waals surface area contributed by atoms with Crippen LogP contribution in [0.2, 0.25) is 0 Å². The largest absolute Gasteiger partial charge is 0.463 e. The fourth-order valence-electron chi connectivity index (χ4n) is 3.70. The van der Waals surface area contributed by atoms with E-state index in [1.165, 1.54) is 0 Å². The quantitative estimate of drug-likeness (QED) is 0.626. The maximum atomic E-state index is 13.0. The first kappa shape index (κ1) is 18.9. The third kappa shape index (κ3) is 4.18. The minimum absolute atomic E-state index is 0.0393. The molecule has 4 rings (SSSR count). The van der Waals surface area contributed by atoms with Crippen LogP contribution in [0.3, 0.4) is 0 Å². The number of aromatic nitrogens is 1. The molecule has 0 unspecified atom stereocenters. The van der Waals surface area contributed by atoms with Gasteiger partial charge in [0.05, 0.1) is 18.7 Å². The van der Waals surface area contributed by atoms with Crippen LogP contribution in [0, 0.1) is 0 Å². The molecule has 0 bridgehead atoms. The molecule has 0 N–H and O–H groups in total. The normalized spacial score (nSPS) is 16.2. The van der Waals surface area contributed by atoms with Gasteiger partial charge in [-0.25, -0.2) is 4.98 Å². The van der Waals surface area contributed by atoms with Crippen LogP contribution in [0.15, 0.2) is 58.5 Å². The van der Waals surface area contributed by atoms with Gasteiger partial charge in [0.25, 0.3) is 0 Å². The highest BCUT2D eigenvalue weighted by molar-refractivity contribution is 7.09. The molecule has 146 valence electrons. The van der Waals surface area contributed by atoms with Crippen LogP contribution < -0.4 is 0 Å². The highest BCUT2D eigenvalue weighted by Crippen LogP contribution is 2.25. The summed E-state index contributed by atoms with van der Waals surface area (Å²) in [4.78, 5) is 22.1. The zero-order valence-electron chi connectivity index (χ0n) is 16.1. The number of furan rings is 1. The average molecular weight is 396 g/mol. The van der Waals surface area contributed by atoms with Crippen molar-refractivity contribution in [2.24, 2.45) is 0 Å². The lowest BCUT2D eigenvalue weighted by Gasteiger charge is -2.36. The number of thiazole rings is 1. The predicted octanol–water partition coefficient (Wildman–Crippen LogP) is 4.24. The first-order valence-electron chi connectivity index (χ1n) is 9.79. The molecule has 1 aromatic carbocycles. The van der Waals surface area contributed by atoms with Gasteiger partial charge in [0.15, 0.2) is 5.76 Å². The molecule has 0 saturated carbocycles. The van der Waals surface area contributed by atoms with E-state index in [9.17, 15) is 4.79 Å². The number of rotatable bonds is 6. The maximum Gasteiger partial charge on any atom is 0.230 e. The highest BCUT2D eigenvalue weighted by Gasteiger charge is 2.27. The van der Waals surface area contributed by atoms with Crippen LogP contribution in [-0.2, 0) is 11.3 Å². The lowest BCUT2D eigenvalue weighted by atomic mass is 9.95. The number of carbonyl (C=O) groups excluding carboxylic acids is 1. The van der Waals surface area contributed by atoms with Gasteiger partial charge in [-0.05, 0) is 24.1 Å². The summed E-state index contributed by atoms with van der Waals surface area (Å²) in [5.74, 6) is 1.02. The molecular formula is C22H25N3O2S. The lowest BCUT2D eigenvalue weighted by Crippen LogP contribution is -2.49. The van der Waals surface area contributed by atoms with Crippen LogP contribution in [-0.4, -0.2) is 46.9 Å². The van der Waals surface area contributed by atoms with E-state index in [4.69, 9.17) is 4.42 Å². The van der Waals surface area contributed by atoms with Crippen LogP contribution in [0.25, 0.3) is 11.5 Å². The average Bonchev–Trinajstić information content (AvgIpc) is 3.42. The first-order chi connectivity index (χ1) is 13.7. The highest BCUT2D eigenvalue weighted by atomic mass is 32.1. The van der Waals surface area contributed by atoms with Gasteiger partial charge in [0.1, 0.15) is 10.7 Å². The Morgan fingerprint density at radius 1 is 1.14 bits per heavy atom. The molecular weight excluding hydrogens is 370 g/mol. The van der Waals surface area contributed by atoms with Gasteiger partial charge < -0.3 is 9.32 Å². The third-order valence-corrected chi connectivity index (χ3v) is 6.11. The van der Waals surface area contributed by atoms with E-state index < -0.39 is 0 Å². The summed E-state index contributed by atoms with van der Waals surface area (Å²) in [6, 6.07) is 13.9. The van der Waals surface area contributed by atoms with Crippen LogP contribution in [0.1, 0.15) is 29.8 Å². The Morgan fingerprint density at radius 2 is 1.93 bits per heavy atom. The van der Waals surface area contributed by atoms with E-state index in [1.807, 2.05) is 40.6 Å². The molecule has 0 aliphatic carbocycles. The van der Waals surface area contributed by atoms with Gasteiger partial charge in [0.2, 0.25) is 5.91 Å². The molecule has 6 heteroatoms. The smallest absolute Gasteiger partial charge is 0.230 e.